The summed E-state index contributed by atoms with van der Waals surface area (Å²) in [6.07, 6.45) is 0. The minimum Gasteiger partial charge on any atom is -0.508 e. The molecule has 0 aliphatic heterocycles. The van der Waals surface area contributed by atoms with Crippen LogP contribution in [0.15, 0.2) is 18.2 Å². The third-order valence-electron chi connectivity index (χ3n) is 2.69. The number of nitrogen functional groups attached to an aromatic ring is 1. The third kappa shape index (κ3) is 3.37. The van der Waals surface area contributed by atoms with Gasteiger partial charge in [-0.1, -0.05) is 0 Å². The van der Waals surface area contributed by atoms with Crippen LogP contribution in [0.2, 0.25) is 0 Å². The highest BCUT2D eigenvalue weighted by Crippen LogP contribution is 2.21. The van der Waals surface area contributed by atoms with Gasteiger partial charge in [0, 0.05) is 25.4 Å². The number of nitrogens with zero attached hydrogens (tertiary/aromatic N) is 1. The highest BCUT2D eigenvalue weighted by molar-refractivity contribution is 5.99. The molecule has 1 rings (SSSR count). The number of anilines is 1. The van der Waals surface area contributed by atoms with Crippen LogP contribution in [0, 0.1) is 0 Å². The quantitative estimate of drug-likeness (QED) is 0.614. The highest BCUT2D eigenvalue weighted by atomic mass is 16.5. The largest absolute Gasteiger partial charge is 0.508 e. The summed E-state index contributed by atoms with van der Waals surface area (Å²) in [4.78, 5) is 14.0. The molecule has 0 bridgehead atoms. The van der Waals surface area contributed by atoms with Crippen LogP contribution in [-0.2, 0) is 4.74 Å². The Balaban J connectivity index is 2.98. The summed E-state index contributed by atoms with van der Waals surface area (Å²) >= 11 is 0. The molecule has 0 aliphatic rings. The smallest absolute Gasteiger partial charge is 0.256 e. The number of amides is 1. The minimum atomic E-state index is -0.199. The number of hydrogen-bond acceptors (Lipinski definition) is 4. The molecule has 0 aliphatic carbocycles. The fourth-order valence-electron chi connectivity index (χ4n) is 1.67. The van der Waals surface area contributed by atoms with E-state index >= 15 is 0 Å². The zero-order valence-corrected chi connectivity index (χ0v) is 11.0. The van der Waals surface area contributed by atoms with Crippen LogP contribution < -0.4 is 5.73 Å². The maximum absolute atomic E-state index is 12.3. The number of carbonyl (C=O) groups is 1. The zero-order chi connectivity index (χ0) is 13.7. The first-order chi connectivity index (χ1) is 8.47. The molecule has 100 valence electrons. The molecule has 0 unspecified atom stereocenters. The Hall–Kier alpha value is -1.75. The maximum atomic E-state index is 12.3. The van der Waals surface area contributed by atoms with Gasteiger partial charge < -0.3 is 20.5 Å². The van der Waals surface area contributed by atoms with Gasteiger partial charge in [-0.25, -0.2) is 0 Å². The van der Waals surface area contributed by atoms with E-state index in [0.717, 1.165) is 0 Å². The van der Waals surface area contributed by atoms with E-state index in [-0.39, 0.29) is 17.7 Å². The van der Waals surface area contributed by atoms with Crippen LogP contribution in [0.3, 0.4) is 0 Å². The number of phenolic OH excluding ortho intramolecular Hbond substituents is 1. The lowest BCUT2D eigenvalue weighted by atomic mass is 10.1. The Morgan fingerprint density at radius 1 is 1.50 bits per heavy atom. The van der Waals surface area contributed by atoms with Gasteiger partial charge in [0.1, 0.15) is 5.75 Å². The summed E-state index contributed by atoms with van der Waals surface area (Å²) in [5, 5.41) is 9.43. The van der Waals surface area contributed by atoms with Crippen LogP contribution >= 0.6 is 0 Å². The number of aromatic hydroxyl groups is 1. The number of carbonyl (C=O) groups excluding carboxylic acids is 1. The molecule has 1 amide bonds. The first-order valence-electron chi connectivity index (χ1n) is 5.85. The van der Waals surface area contributed by atoms with E-state index in [1.165, 1.54) is 18.2 Å². The average Bonchev–Trinajstić information content (AvgIpc) is 2.32. The first-order valence-corrected chi connectivity index (χ1v) is 5.85. The molecule has 0 aromatic heterocycles. The van der Waals surface area contributed by atoms with Gasteiger partial charge in [-0.3, -0.25) is 4.79 Å². The number of rotatable bonds is 5. The third-order valence-corrected chi connectivity index (χ3v) is 2.69. The number of benzene rings is 1. The van der Waals surface area contributed by atoms with Crippen LogP contribution in [0.5, 0.6) is 5.75 Å². The van der Waals surface area contributed by atoms with Crippen molar-refractivity contribution in [3.8, 4) is 5.75 Å². The number of nitrogens with two attached hydrogens (primary N) is 1. The van der Waals surface area contributed by atoms with Crippen molar-refractivity contribution >= 4 is 11.6 Å². The van der Waals surface area contributed by atoms with Crippen LogP contribution in [0.4, 0.5) is 5.69 Å². The summed E-state index contributed by atoms with van der Waals surface area (Å²) in [6.45, 7) is 4.80. The topological polar surface area (TPSA) is 75.8 Å². The fraction of sp³-hybridized carbons (Fsp3) is 0.462. The zero-order valence-electron chi connectivity index (χ0n) is 11.0. The molecule has 0 atom stereocenters. The number of ether oxygens (including phenoxy) is 1. The van der Waals surface area contributed by atoms with Crippen LogP contribution in [0.25, 0.3) is 0 Å². The molecule has 0 fully saturated rings. The van der Waals surface area contributed by atoms with E-state index in [1.807, 2.05) is 13.8 Å². The van der Waals surface area contributed by atoms with Crippen molar-refractivity contribution in [2.75, 3.05) is 26.0 Å². The molecular formula is C13H20N2O3. The van der Waals surface area contributed by atoms with Gasteiger partial charge in [-0.05, 0) is 32.0 Å². The molecule has 1 aromatic rings. The molecule has 1 aromatic carbocycles. The van der Waals surface area contributed by atoms with Crippen molar-refractivity contribution in [3.05, 3.63) is 23.8 Å². The van der Waals surface area contributed by atoms with Crippen LogP contribution in [-0.4, -0.2) is 42.2 Å². The molecule has 3 N–H and O–H groups in total. The van der Waals surface area contributed by atoms with Gasteiger partial charge in [0.15, 0.2) is 0 Å². The normalized spacial score (nSPS) is 10.7. The minimum absolute atomic E-state index is 0.0306. The molecule has 0 saturated heterocycles. The second-order valence-corrected chi connectivity index (χ2v) is 4.36. The maximum Gasteiger partial charge on any atom is 0.256 e. The summed E-state index contributed by atoms with van der Waals surface area (Å²) in [7, 11) is 1.59. The van der Waals surface area contributed by atoms with Crippen molar-refractivity contribution in [2.45, 2.75) is 19.9 Å². The van der Waals surface area contributed by atoms with Gasteiger partial charge >= 0.3 is 0 Å². The Morgan fingerprint density at radius 3 is 2.72 bits per heavy atom. The molecule has 5 heteroatoms. The molecule has 5 nitrogen and oxygen atoms in total. The van der Waals surface area contributed by atoms with Crippen molar-refractivity contribution in [1.29, 1.82) is 0 Å². The number of phenols is 1. The average molecular weight is 252 g/mol. The monoisotopic (exact) mass is 252 g/mol. The van der Waals surface area contributed by atoms with Crippen LogP contribution in [0.1, 0.15) is 24.2 Å². The van der Waals surface area contributed by atoms with Crippen molar-refractivity contribution in [2.24, 2.45) is 0 Å². The highest BCUT2D eigenvalue weighted by Gasteiger charge is 2.20. The predicted molar refractivity (Wildman–Crippen MR) is 70.6 cm³/mol. The molecule has 0 radical (unpaired) electrons. The summed E-state index contributed by atoms with van der Waals surface area (Å²) < 4.78 is 4.99. The SMILES string of the molecule is COCCN(C(=O)c1cc(O)ccc1N)C(C)C. The molecular weight excluding hydrogens is 232 g/mol. The summed E-state index contributed by atoms with van der Waals surface area (Å²) in [6, 6.07) is 4.41. The lowest BCUT2D eigenvalue weighted by molar-refractivity contribution is 0.0635. The molecule has 0 heterocycles. The molecule has 0 spiro atoms. The Labute approximate surface area is 107 Å². The summed E-state index contributed by atoms with van der Waals surface area (Å²) in [5.41, 5.74) is 6.45. The molecule has 18 heavy (non-hydrogen) atoms. The lowest BCUT2D eigenvalue weighted by Crippen LogP contribution is -2.39. The Bertz CT molecular complexity index is 419. The van der Waals surface area contributed by atoms with Crippen molar-refractivity contribution < 1.29 is 14.6 Å². The van der Waals surface area contributed by atoms with E-state index < -0.39 is 0 Å². The van der Waals surface area contributed by atoms with Gasteiger partial charge in [-0.15, -0.1) is 0 Å². The predicted octanol–water partition coefficient (Wildman–Crippen LogP) is 1.47. The number of hydrogen-bond donors (Lipinski definition) is 2. The standard InChI is InChI=1S/C13H20N2O3/c1-9(2)15(6-7-18-3)13(17)11-8-10(16)4-5-12(11)14/h4-5,8-9,16H,6-7,14H2,1-3H3. The Kier molecular flexibility index (Phi) is 4.97. The van der Waals surface area contributed by atoms with E-state index in [9.17, 15) is 9.90 Å². The van der Waals surface area contributed by atoms with E-state index in [2.05, 4.69) is 0 Å². The lowest BCUT2D eigenvalue weighted by Gasteiger charge is -2.27. The van der Waals surface area contributed by atoms with E-state index in [0.29, 0.717) is 24.4 Å². The van der Waals surface area contributed by atoms with Gasteiger partial charge in [0.2, 0.25) is 0 Å². The fourth-order valence-corrected chi connectivity index (χ4v) is 1.67. The van der Waals surface area contributed by atoms with Gasteiger partial charge in [-0.2, -0.15) is 0 Å². The second kappa shape index (κ2) is 6.26. The first kappa shape index (κ1) is 14.3. The van der Waals surface area contributed by atoms with E-state index in [4.69, 9.17) is 10.5 Å². The van der Waals surface area contributed by atoms with E-state index in [1.54, 1.807) is 12.0 Å². The van der Waals surface area contributed by atoms with Gasteiger partial charge in [0.05, 0.1) is 12.2 Å². The summed E-state index contributed by atoms with van der Waals surface area (Å²) in [5.74, 6) is -0.168. The van der Waals surface area contributed by atoms with Gasteiger partial charge in [0.25, 0.3) is 5.91 Å². The second-order valence-electron chi connectivity index (χ2n) is 4.36. The van der Waals surface area contributed by atoms with Crippen molar-refractivity contribution in [3.63, 3.8) is 0 Å². The molecule has 0 saturated carbocycles. The Morgan fingerprint density at radius 2 is 2.17 bits per heavy atom. The van der Waals surface area contributed by atoms with Crippen molar-refractivity contribution in [1.82, 2.24) is 4.90 Å². The number of methoxy groups -OCH3 is 1.